The normalized spacial score (nSPS) is 24.9. The van der Waals surface area contributed by atoms with Crippen molar-refractivity contribution in [3.8, 4) is 0 Å². The number of carbonyl (C=O) groups excluding carboxylic acids is 1. The summed E-state index contributed by atoms with van der Waals surface area (Å²) in [7, 11) is 0. The zero-order valence-electron chi connectivity index (χ0n) is 7.90. The first-order chi connectivity index (χ1) is 7.52. The summed E-state index contributed by atoms with van der Waals surface area (Å²) >= 11 is 0. The van der Waals surface area contributed by atoms with E-state index in [2.05, 4.69) is 4.42 Å². The molecule has 3 nitrogen and oxygen atoms in total. The van der Waals surface area contributed by atoms with Crippen molar-refractivity contribution in [1.29, 1.82) is 0 Å². The molecular weight excluding hydrogens is 225 g/mol. The first kappa shape index (κ1) is 10.9. The molecule has 0 saturated carbocycles. The summed E-state index contributed by atoms with van der Waals surface area (Å²) in [5, 5.41) is 0. The van der Waals surface area contributed by atoms with Crippen molar-refractivity contribution in [3.63, 3.8) is 0 Å². The van der Waals surface area contributed by atoms with Crippen molar-refractivity contribution in [2.24, 2.45) is 0 Å². The average Bonchev–Trinajstić information content (AvgIpc) is 2.78. The molecule has 6 heteroatoms. The number of hydrogen-bond acceptors (Lipinski definition) is 3. The lowest BCUT2D eigenvalue weighted by Crippen LogP contribution is -2.02. The van der Waals surface area contributed by atoms with Gasteiger partial charge in [0, 0.05) is 0 Å². The Kier molecular flexibility index (Phi) is 2.59. The van der Waals surface area contributed by atoms with Crippen LogP contribution in [0.5, 0.6) is 0 Å². The monoisotopic (exact) mass is 232 g/mol. The van der Waals surface area contributed by atoms with Crippen LogP contribution in [-0.2, 0) is 15.7 Å². The van der Waals surface area contributed by atoms with Crippen LogP contribution in [0.1, 0.15) is 17.6 Å². The van der Waals surface area contributed by atoms with Crippen molar-refractivity contribution in [1.82, 2.24) is 0 Å². The molecule has 1 fully saturated rings. The van der Waals surface area contributed by atoms with Crippen LogP contribution < -0.4 is 0 Å². The fourth-order valence-corrected chi connectivity index (χ4v) is 1.31. The van der Waals surface area contributed by atoms with Gasteiger partial charge in [-0.05, 0) is 24.3 Å². The van der Waals surface area contributed by atoms with E-state index in [0.29, 0.717) is 6.29 Å². The highest BCUT2D eigenvalue weighted by Gasteiger charge is 2.43. The van der Waals surface area contributed by atoms with Crippen LogP contribution in [0.15, 0.2) is 28.7 Å². The lowest BCUT2D eigenvalue weighted by Gasteiger charge is -1.99. The van der Waals surface area contributed by atoms with Crippen LogP contribution in [0.4, 0.5) is 13.2 Å². The lowest BCUT2D eigenvalue weighted by molar-refractivity contribution is -0.153. The molecule has 1 aromatic rings. The Balaban J connectivity index is 2.05. The van der Waals surface area contributed by atoms with Crippen LogP contribution in [0, 0.1) is 0 Å². The van der Waals surface area contributed by atoms with Gasteiger partial charge < -0.3 is 9.15 Å². The topological polar surface area (TPSA) is 42.7 Å². The Morgan fingerprint density at radius 3 is 2.62 bits per heavy atom. The first-order valence-electron chi connectivity index (χ1n) is 4.46. The molecule has 1 aliphatic heterocycles. The minimum atomic E-state index is -4.48. The number of hydrogen-bond donors (Lipinski definition) is 0. The maximum atomic E-state index is 12.2. The molecule has 1 aliphatic rings. The fraction of sp³-hybridized carbons (Fsp3) is 0.300. The number of carbonyl (C=O) groups is 1. The Bertz CT molecular complexity index is 419. The molecule has 0 bridgehead atoms. The van der Waals surface area contributed by atoms with Gasteiger partial charge in [-0.1, -0.05) is 0 Å². The van der Waals surface area contributed by atoms with Gasteiger partial charge in [-0.15, -0.1) is 0 Å². The molecule has 16 heavy (non-hydrogen) atoms. The standard InChI is InChI=1S/C10H7F3O3/c11-10(12,13)8-4-3-7(15-8)9-6(16-9)2-1-5-14/h1-6,9H/t6-,9-/m1/s1. The maximum Gasteiger partial charge on any atom is 0.449 e. The van der Waals surface area contributed by atoms with Crippen molar-refractivity contribution < 1.29 is 27.1 Å². The molecule has 2 rings (SSSR count). The highest BCUT2D eigenvalue weighted by molar-refractivity contribution is 5.64. The van der Waals surface area contributed by atoms with Crippen LogP contribution in [-0.4, -0.2) is 12.4 Å². The van der Waals surface area contributed by atoms with E-state index in [9.17, 15) is 18.0 Å². The van der Waals surface area contributed by atoms with E-state index >= 15 is 0 Å². The summed E-state index contributed by atoms with van der Waals surface area (Å²) in [6, 6.07) is 2.08. The van der Waals surface area contributed by atoms with E-state index in [4.69, 9.17) is 4.74 Å². The second-order valence-corrected chi connectivity index (χ2v) is 3.24. The smallest absolute Gasteiger partial charge is 0.449 e. The van der Waals surface area contributed by atoms with Gasteiger partial charge in [0.2, 0.25) is 5.76 Å². The number of furan rings is 1. The largest absolute Gasteiger partial charge is 0.454 e. The van der Waals surface area contributed by atoms with Gasteiger partial charge in [-0.3, -0.25) is 4.79 Å². The Morgan fingerprint density at radius 1 is 1.31 bits per heavy atom. The first-order valence-corrected chi connectivity index (χ1v) is 4.46. The molecule has 0 radical (unpaired) electrons. The average molecular weight is 232 g/mol. The van der Waals surface area contributed by atoms with Crippen molar-refractivity contribution >= 4 is 6.29 Å². The van der Waals surface area contributed by atoms with E-state index < -0.39 is 18.0 Å². The van der Waals surface area contributed by atoms with E-state index in [-0.39, 0.29) is 11.9 Å². The predicted molar refractivity (Wildman–Crippen MR) is 46.5 cm³/mol. The maximum absolute atomic E-state index is 12.2. The SMILES string of the molecule is O=CC=C[C@H]1O[C@H]1c1ccc(C(F)(F)F)o1. The van der Waals surface area contributed by atoms with Gasteiger partial charge in [0.1, 0.15) is 24.3 Å². The van der Waals surface area contributed by atoms with Gasteiger partial charge in [0.05, 0.1) is 0 Å². The van der Waals surface area contributed by atoms with Gasteiger partial charge >= 0.3 is 6.18 Å². The molecule has 86 valence electrons. The van der Waals surface area contributed by atoms with Crippen LogP contribution in [0.2, 0.25) is 0 Å². The third-order valence-electron chi connectivity index (χ3n) is 2.09. The quantitative estimate of drug-likeness (QED) is 0.456. The molecule has 2 heterocycles. The summed E-state index contributed by atoms with van der Waals surface area (Å²) in [6.07, 6.45) is -2.11. The molecule has 2 atom stereocenters. The third-order valence-corrected chi connectivity index (χ3v) is 2.09. The Morgan fingerprint density at radius 2 is 2.06 bits per heavy atom. The minimum Gasteiger partial charge on any atom is -0.454 e. The van der Waals surface area contributed by atoms with Crippen LogP contribution in [0.3, 0.4) is 0 Å². The van der Waals surface area contributed by atoms with Crippen molar-refractivity contribution in [2.45, 2.75) is 18.4 Å². The minimum absolute atomic E-state index is 0.118. The molecule has 0 spiro atoms. The molecule has 0 unspecified atom stereocenters. The molecule has 0 amide bonds. The summed E-state index contributed by atoms with van der Waals surface area (Å²) in [5.41, 5.74) is 0. The number of epoxide rings is 1. The number of alkyl halides is 3. The van der Waals surface area contributed by atoms with Gasteiger partial charge in [-0.2, -0.15) is 13.2 Å². The Labute approximate surface area is 88.5 Å². The molecule has 0 aliphatic carbocycles. The molecule has 1 saturated heterocycles. The fourth-order valence-electron chi connectivity index (χ4n) is 1.31. The zero-order chi connectivity index (χ0) is 11.8. The number of halogens is 3. The number of allylic oxidation sites excluding steroid dienone is 1. The second kappa shape index (κ2) is 3.79. The molecule has 1 aromatic heterocycles. The third kappa shape index (κ3) is 2.16. The predicted octanol–water partition coefficient (Wildman–Crippen LogP) is 2.49. The number of rotatable bonds is 3. The van der Waals surface area contributed by atoms with E-state index in [0.717, 1.165) is 6.07 Å². The summed E-state index contributed by atoms with van der Waals surface area (Å²) < 4.78 is 46.2. The molecular formula is C10H7F3O3. The van der Waals surface area contributed by atoms with Crippen molar-refractivity contribution in [3.05, 3.63) is 35.8 Å². The summed E-state index contributed by atoms with van der Waals surface area (Å²) in [4.78, 5) is 10.0. The lowest BCUT2D eigenvalue weighted by atomic mass is 10.2. The van der Waals surface area contributed by atoms with Crippen LogP contribution in [0.25, 0.3) is 0 Å². The molecule has 0 aromatic carbocycles. The van der Waals surface area contributed by atoms with Gasteiger partial charge in [-0.25, -0.2) is 0 Å². The van der Waals surface area contributed by atoms with E-state index in [1.807, 2.05) is 0 Å². The van der Waals surface area contributed by atoms with E-state index in [1.165, 1.54) is 18.2 Å². The number of ether oxygens (including phenoxy) is 1. The second-order valence-electron chi connectivity index (χ2n) is 3.24. The van der Waals surface area contributed by atoms with Crippen LogP contribution >= 0.6 is 0 Å². The summed E-state index contributed by atoms with van der Waals surface area (Å²) in [5.74, 6) is -0.927. The van der Waals surface area contributed by atoms with Crippen molar-refractivity contribution in [2.75, 3.05) is 0 Å². The molecule has 0 N–H and O–H groups in total. The van der Waals surface area contributed by atoms with E-state index in [1.54, 1.807) is 0 Å². The Hall–Kier alpha value is -1.56. The highest BCUT2D eigenvalue weighted by atomic mass is 19.4. The summed E-state index contributed by atoms with van der Waals surface area (Å²) in [6.45, 7) is 0. The highest BCUT2D eigenvalue weighted by Crippen LogP contribution is 2.42. The zero-order valence-corrected chi connectivity index (χ0v) is 7.90. The van der Waals surface area contributed by atoms with Gasteiger partial charge in [0.15, 0.2) is 0 Å². The van der Waals surface area contributed by atoms with Gasteiger partial charge in [0.25, 0.3) is 0 Å². The number of aldehydes is 1.